The Morgan fingerprint density at radius 2 is 2.00 bits per heavy atom. The van der Waals surface area contributed by atoms with Gasteiger partial charge in [0.2, 0.25) is 5.91 Å². The molecule has 0 unspecified atom stereocenters. The van der Waals surface area contributed by atoms with Gasteiger partial charge in [-0.2, -0.15) is 0 Å². The molecule has 4 atom stereocenters. The molecule has 3 aliphatic rings. The molecule has 116 valence electrons. The minimum Gasteiger partial charge on any atom is -0.453 e. The smallest absolute Gasteiger partial charge is 0.303 e. The summed E-state index contributed by atoms with van der Waals surface area (Å²) in [5.74, 6) is 0.247. The average molecular weight is 299 g/mol. The van der Waals surface area contributed by atoms with Gasteiger partial charge < -0.3 is 9.64 Å². The summed E-state index contributed by atoms with van der Waals surface area (Å²) < 4.78 is 5.91. The van der Waals surface area contributed by atoms with Crippen molar-refractivity contribution in [1.82, 2.24) is 0 Å². The van der Waals surface area contributed by atoms with Gasteiger partial charge in [0.1, 0.15) is 0 Å². The molecule has 4 nitrogen and oxygen atoms in total. The predicted octanol–water partition coefficient (Wildman–Crippen LogP) is 2.86. The fraction of sp³-hybridized carbons (Fsp3) is 0.556. The lowest BCUT2D eigenvalue weighted by Gasteiger charge is -2.64. The molecule has 1 aromatic carbocycles. The number of para-hydroxylation sites is 1. The minimum atomic E-state index is -0.725. The molecule has 2 aliphatic carbocycles. The molecule has 0 N–H and O–H groups in total. The lowest BCUT2D eigenvalue weighted by molar-refractivity contribution is -0.238. The number of hydrogen-bond donors (Lipinski definition) is 0. The van der Waals surface area contributed by atoms with E-state index in [2.05, 4.69) is 0 Å². The quantitative estimate of drug-likeness (QED) is 0.749. The van der Waals surface area contributed by atoms with Gasteiger partial charge in [-0.05, 0) is 24.8 Å². The summed E-state index contributed by atoms with van der Waals surface area (Å²) in [6, 6.07) is 7.88. The lowest BCUT2D eigenvalue weighted by atomic mass is 9.45. The third-order valence-electron chi connectivity index (χ3n) is 5.86. The number of carbonyl (C=O) groups is 2. The van der Waals surface area contributed by atoms with Gasteiger partial charge in [-0.15, -0.1) is 0 Å². The molecule has 1 aliphatic heterocycles. The zero-order chi connectivity index (χ0) is 15.5. The zero-order valence-corrected chi connectivity index (χ0v) is 13.0. The van der Waals surface area contributed by atoms with Gasteiger partial charge >= 0.3 is 5.97 Å². The number of ether oxygens (including phenoxy) is 1. The van der Waals surface area contributed by atoms with E-state index in [0.29, 0.717) is 5.92 Å². The Labute approximate surface area is 130 Å². The fourth-order valence-electron chi connectivity index (χ4n) is 5.11. The average Bonchev–Trinajstić information content (AvgIpc) is 2.51. The zero-order valence-electron chi connectivity index (χ0n) is 13.0. The van der Waals surface area contributed by atoms with Crippen LogP contribution in [0.25, 0.3) is 0 Å². The molecule has 1 heterocycles. The van der Waals surface area contributed by atoms with E-state index in [9.17, 15) is 9.59 Å². The van der Waals surface area contributed by atoms with Crippen LogP contribution in [-0.4, -0.2) is 18.9 Å². The molecule has 4 heteroatoms. The molecule has 2 saturated carbocycles. The Bertz CT molecular complexity index is 655. The molecule has 0 bridgehead atoms. The third kappa shape index (κ3) is 1.53. The van der Waals surface area contributed by atoms with Crippen molar-refractivity contribution in [2.45, 2.75) is 38.2 Å². The van der Waals surface area contributed by atoms with Crippen LogP contribution in [0.1, 0.15) is 38.2 Å². The number of nitrogens with zero attached hydrogens (tertiary/aromatic N) is 1. The Balaban J connectivity index is 1.92. The first-order chi connectivity index (χ1) is 10.6. The van der Waals surface area contributed by atoms with Crippen LogP contribution in [0.2, 0.25) is 0 Å². The summed E-state index contributed by atoms with van der Waals surface area (Å²) >= 11 is 0. The molecule has 0 saturated heterocycles. The monoisotopic (exact) mass is 299 g/mol. The first-order valence-corrected chi connectivity index (χ1v) is 8.14. The molecular formula is C18H21NO3. The van der Waals surface area contributed by atoms with Crippen molar-refractivity contribution in [3.8, 4) is 0 Å². The highest BCUT2D eigenvalue weighted by Crippen LogP contribution is 2.66. The number of benzene rings is 1. The van der Waals surface area contributed by atoms with Crippen molar-refractivity contribution < 1.29 is 14.3 Å². The van der Waals surface area contributed by atoms with Gasteiger partial charge in [-0.25, -0.2) is 0 Å². The summed E-state index contributed by atoms with van der Waals surface area (Å²) in [5.41, 5.74) is 1.17. The molecule has 0 aromatic heterocycles. The van der Waals surface area contributed by atoms with Crippen LogP contribution >= 0.6 is 0 Å². The van der Waals surface area contributed by atoms with Crippen LogP contribution < -0.4 is 4.90 Å². The van der Waals surface area contributed by atoms with Gasteiger partial charge in [-0.1, -0.05) is 31.0 Å². The maximum Gasteiger partial charge on any atom is 0.303 e. The summed E-state index contributed by atoms with van der Waals surface area (Å²) in [6.07, 6.45) is 4.44. The second-order valence-corrected chi connectivity index (χ2v) is 6.83. The molecular weight excluding hydrogens is 278 g/mol. The molecule has 2 fully saturated rings. The topological polar surface area (TPSA) is 46.6 Å². The van der Waals surface area contributed by atoms with Gasteiger partial charge in [0.05, 0.1) is 11.6 Å². The van der Waals surface area contributed by atoms with Crippen LogP contribution in [0.5, 0.6) is 0 Å². The molecule has 4 rings (SSSR count). The van der Waals surface area contributed by atoms with E-state index in [1.54, 1.807) is 4.90 Å². The standard InChI is InChI=1S/C18H21NO3/c1-11(20)22-18-13-8-4-3-7-12(13)16(18)17(21)19(2)15-10-6-5-9-14(15)18/h5-6,9-10,12-13,16H,3-4,7-8H2,1-2H3/t12-,13+,16-,18-/m1/s1. The Hall–Kier alpha value is -1.84. The molecule has 1 amide bonds. The van der Waals surface area contributed by atoms with Crippen LogP contribution in [0.4, 0.5) is 5.69 Å². The largest absolute Gasteiger partial charge is 0.453 e. The third-order valence-corrected chi connectivity index (χ3v) is 5.86. The van der Waals surface area contributed by atoms with E-state index in [4.69, 9.17) is 4.74 Å². The van der Waals surface area contributed by atoms with Gasteiger partial charge in [0.15, 0.2) is 5.60 Å². The fourth-order valence-corrected chi connectivity index (χ4v) is 5.11. The predicted molar refractivity (Wildman–Crippen MR) is 82.2 cm³/mol. The summed E-state index contributed by atoms with van der Waals surface area (Å²) in [4.78, 5) is 26.5. The normalized spacial score (nSPS) is 35.8. The van der Waals surface area contributed by atoms with E-state index >= 15 is 0 Å². The van der Waals surface area contributed by atoms with E-state index in [0.717, 1.165) is 30.5 Å². The number of anilines is 1. The van der Waals surface area contributed by atoms with Crippen LogP contribution in [0.3, 0.4) is 0 Å². The van der Waals surface area contributed by atoms with E-state index in [-0.39, 0.29) is 23.7 Å². The van der Waals surface area contributed by atoms with Crippen molar-refractivity contribution in [2.75, 3.05) is 11.9 Å². The summed E-state index contributed by atoms with van der Waals surface area (Å²) in [7, 11) is 1.83. The number of carbonyl (C=O) groups excluding carboxylic acids is 2. The van der Waals surface area contributed by atoms with Gasteiger partial charge in [0.25, 0.3) is 0 Å². The minimum absolute atomic E-state index is 0.100. The second kappa shape index (κ2) is 4.58. The van der Waals surface area contributed by atoms with Gasteiger partial charge in [0, 0.05) is 25.5 Å². The lowest BCUT2D eigenvalue weighted by Crippen LogP contribution is -2.69. The highest BCUT2D eigenvalue weighted by Gasteiger charge is 2.70. The number of amides is 1. The Morgan fingerprint density at radius 1 is 1.27 bits per heavy atom. The first kappa shape index (κ1) is 13.8. The maximum absolute atomic E-state index is 12.9. The Kier molecular flexibility index (Phi) is 2.87. The van der Waals surface area contributed by atoms with Crippen molar-refractivity contribution in [1.29, 1.82) is 0 Å². The SMILES string of the molecule is CC(=O)O[C@]12c3ccccc3N(C)C(=O)[C@H]1[C@@H]1CCCC[C@@H]12. The van der Waals surface area contributed by atoms with Crippen molar-refractivity contribution in [3.05, 3.63) is 29.8 Å². The highest BCUT2D eigenvalue weighted by atomic mass is 16.6. The van der Waals surface area contributed by atoms with Gasteiger partial charge in [-0.3, -0.25) is 9.59 Å². The van der Waals surface area contributed by atoms with Crippen molar-refractivity contribution in [2.24, 2.45) is 17.8 Å². The molecule has 0 spiro atoms. The summed E-state index contributed by atoms with van der Waals surface area (Å²) in [6.45, 7) is 1.45. The molecule has 0 radical (unpaired) electrons. The van der Waals surface area contributed by atoms with Crippen LogP contribution in [-0.2, 0) is 19.9 Å². The van der Waals surface area contributed by atoms with Crippen LogP contribution in [0, 0.1) is 17.8 Å². The number of fused-ring (bicyclic) bond motifs is 6. The molecule has 22 heavy (non-hydrogen) atoms. The van der Waals surface area contributed by atoms with E-state index in [1.165, 1.54) is 13.3 Å². The second-order valence-electron chi connectivity index (χ2n) is 6.83. The van der Waals surface area contributed by atoms with E-state index in [1.807, 2.05) is 31.3 Å². The van der Waals surface area contributed by atoms with Crippen LogP contribution in [0.15, 0.2) is 24.3 Å². The number of esters is 1. The number of hydrogen-bond acceptors (Lipinski definition) is 3. The first-order valence-electron chi connectivity index (χ1n) is 8.14. The van der Waals surface area contributed by atoms with E-state index < -0.39 is 5.60 Å². The number of rotatable bonds is 1. The van der Waals surface area contributed by atoms with Crippen molar-refractivity contribution in [3.63, 3.8) is 0 Å². The summed E-state index contributed by atoms with van der Waals surface area (Å²) in [5, 5.41) is 0. The van der Waals surface area contributed by atoms with Crippen molar-refractivity contribution >= 4 is 17.6 Å². The Morgan fingerprint density at radius 3 is 2.77 bits per heavy atom. The molecule has 1 aromatic rings. The maximum atomic E-state index is 12.9. The highest BCUT2D eigenvalue weighted by molar-refractivity contribution is 6.00.